The fourth-order valence-corrected chi connectivity index (χ4v) is 6.26. The van der Waals surface area contributed by atoms with Crippen LogP contribution in [0.25, 0.3) is 0 Å². The van der Waals surface area contributed by atoms with Crippen LogP contribution in [0.5, 0.6) is 11.5 Å². The van der Waals surface area contributed by atoms with Crippen LogP contribution in [0.2, 0.25) is 0 Å². The Hall–Kier alpha value is -4.32. The SMILES string of the molecule is COc1ccc(C(=O)N2CCc3cc(C(=O)NC[C@H](O)CN4CCc5c(ccc(OCc6ocnc6C)c5C)C4)ccc3C2)cc1.S. The Morgan fingerprint density at radius 2 is 1.74 bits per heavy atom. The van der Waals surface area contributed by atoms with Crippen molar-refractivity contribution < 1.29 is 28.6 Å². The smallest absolute Gasteiger partial charge is 0.254 e. The average molecular weight is 659 g/mol. The Morgan fingerprint density at radius 3 is 2.49 bits per heavy atom. The standard InChI is InChI=1S/C36H40N4O6.H2S/c1-23-32-13-14-39(18-29(32)8-11-33(23)45-21-34-24(2)38-22-46-34)20-30(41)17-37-35(42)27-4-5-28-19-40(15-12-26(28)16-27)36(43)25-6-9-31(44-3)10-7-25;/h4-11,16,22,30,41H,12-15,17-21H2,1-3H3,(H,37,42);1H2/t30-;/m0./s1. The second-order valence-electron chi connectivity index (χ2n) is 12.0. The molecule has 0 saturated heterocycles. The molecule has 10 nitrogen and oxygen atoms in total. The first-order chi connectivity index (χ1) is 22.3. The van der Waals surface area contributed by atoms with Gasteiger partial charge in [0.15, 0.2) is 12.2 Å². The first kappa shape index (κ1) is 34.0. The number of methoxy groups -OCH3 is 1. The minimum Gasteiger partial charge on any atom is -0.497 e. The van der Waals surface area contributed by atoms with Gasteiger partial charge >= 0.3 is 0 Å². The number of β-amino-alcohol motifs (C(OH)–C–C–N with tert-alkyl or cyclic N) is 1. The zero-order valence-corrected chi connectivity index (χ0v) is 28.0. The van der Waals surface area contributed by atoms with Crippen molar-refractivity contribution in [3.63, 3.8) is 0 Å². The number of aryl methyl sites for hydroxylation is 1. The largest absolute Gasteiger partial charge is 0.497 e. The minimum absolute atomic E-state index is 0. The number of nitrogens with one attached hydrogen (secondary N) is 1. The lowest BCUT2D eigenvalue weighted by Gasteiger charge is -2.31. The van der Waals surface area contributed by atoms with Crippen molar-refractivity contribution in [2.75, 3.05) is 33.3 Å². The van der Waals surface area contributed by atoms with E-state index in [-0.39, 0.29) is 31.9 Å². The molecular weight excluding hydrogens is 616 g/mol. The van der Waals surface area contributed by atoms with E-state index in [2.05, 4.69) is 28.2 Å². The summed E-state index contributed by atoms with van der Waals surface area (Å²) < 4.78 is 16.6. The fraction of sp³-hybridized carbons (Fsp3) is 0.361. The van der Waals surface area contributed by atoms with Gasteiger partial charge in [0.2, 0.25) is 0 Å². The molecule has 1 aromatic heterocycles. The quantitative estimate of drug-likeness (QED) is 0.259. The molecule has 0 bridgehead atoms. The average Bonchev–Trinajstić information content (AvgIpc) is 3.50. The van der Waals surface area contributed by atoms with Crippen LogP contribution in [0, 0.1) is 13.8 Å². The summed E-state index contributed by atoms with van der Waals surface area (Å²) in [6.45, 7) is 7.56. The van der Waals surface area contributed by atoms with Gasteiger partial charge in [-0.2, -0.15) is 13.5 Å². The van der Waals surface area contributed by atoms with Crippen LogP contribution in [0.4, 0.5) is 0 Å². The molecule has 0 spiro atoms. The van der Waals surface area contributed by atoms with E-state index in [1.165, 1.54) is 17.5 Å². The molecule has 0 aliphatic carbocycles. The first-order valence-corrected chi connectivity index (χ1v) is 15.7. The highest BCUT2D eigenvalue weighted by atomic mass is 32.1. The summed E-state index contributed by atoms with van der Waals surface area (Å²) in [4.78, 5) is 34.2. The summed E-state index contributed by atoms with van der Waals surface area (Å²) in [7, 11) is 1.60. The van der Waals surface area contributed by atoms with Gasteiger partial charge in [-0.15, -0.1) is 0 Å². The number of ether oxygens (including phenoxy) is 2. The van der Waals surface area contributed by atoms with Crippen molar-refractivity contribution in [3.8, 4) is 11.5 Å². The fourth-order valence-electron chi connectivity index (χ4n) is 6.26. The molecule has 4 aromatic rings. The zero-order chi connectivity index (χ0) is 32.2. The third kappa shape index (κ3) is 7.81. The molecule has 248 valence electrons. The number of oxazole rings is 1. The lowest BCUT2D eigenvalue weighted by atomic mass is 9.94. The predicted molar refractivity (Wildman–Crippen MR) is 182 cm³/mol. The van der Waals surface area contributed by atoms with Crippen LogP contribution in [0.3, 0.4) is 0 Å². The van der Waals surface area contributed by atoms with Gasteiger partial charge in [-0.05, 0) is 97.0 Å². The maximum atomic E-state index is 13.0. The first-order valence-electron chi connectivity index (χ1n) is 15.7. The molecule has 2 aliphatic rings. The molecule has 3 aromatic carbocycles. The second-order valence-corrected chi connectivity index (χ2v) is 12.0. The Morgan fingerprint density at radius 1 is 0.979 bits per heavy atom. The van der Waals surface area contributed by atoms with Crippen LogP contribution in [-0.4, -0.2) is 71.1 Å². The van der Waals surface area contributed by atoms with Gasteiger partial charge in [-0.1, -0.05) is 12.1 Å². The van der Waals surface area contributed by atoms with E-state index >= 15 is 0 Å². The van der Waals surface area contributed by atoms with E-state index in [0.717, 1.165) is 53.4 Å². The van der Waals surface area contributed by atoms with E-state index in [9.17, 15) is 14.7 Å². The van der Waals surface area contributed by atoms with Crippen LogP contribution in [0.15, 0.2) is 65.4 Å². The van der Waals surface area contributed by atoms with Gasteiger partial charge in [0.05, 0.1) is 18.9 Å². The van der Waals surface area contributed by atoms with Crippen molar-refractivity contribution in [3.05, 3.63) is 111 Å². The maximum Gasteiger partial charge on any atom is 0.254 e. The molecule has 47 heavy (non-hydrogen) atoms. The highest BCUT2D eigenvalue weighted by Crippen LogP contribution is 2.30. The minimum atomic E-state index is -0.700. The van der Waals surface area contributed by atoms with E-state index in [1.54, 1.807) is 37.4 Å². The van der Waals surface area contributed by atoms with Crippen molar-refractivity contribution >= 4 is 25.3 Å². The number of aliphatic hydroxyl groups excluding tert-OH is 1. The van der Waals surface area contributed by atoms with E-state index in [1.807, 2.05) is 30.0 Å². The van der Waals surface area contributed by atoms with Gasteiger partial charge in [0, 0.05) is 50.4 Å². The number of nitrogens with zero attached hydrogens (tertiary/aromatic N) is 3. The topological polar surface area (TPSA) is 117 Å². The maximum absolute atomic E-state index is 13.0. The van der Waals surface area contributed by atoms with Crippen LogP contribution in [0.1, 0.15) is 60.0 Å². The molecule has 2 N–H and O–H groups in total. The Kier molecular flexibility index (Phi) is 10.9. The number of hydrogen-bond acceptors (Lipinski definition) is 8. The molecule has 0 unspecified atom stereocenters. The van der Waals surface area contributed by atoms with Crippen LogP contribution in [-0.2, 0) is 32.5 Å². The summed E-state index contributed by atoms with van der Waals surface area (Å²) in [6, 6.07) is 16.8. The molecule has 2 aliphatic heterocycles. The van der Waals surface area contributed by atoms with Gasteiger partial charge in [-0.3, -0.25) is 14.5 Å². The Balaban J connectivity index is 0.00000433. The van der Waals surface area contributed by atoms with Crippen molar-refractivity contribution in [1.29, 1.82) is 0 Å². The van der Waals surface area contributed by atoms with Gasteiger partial charge in [0.1, 0.15) is 18.1 Å². The molecule has 0 fully saturated rings. The van der Waals surface area contributed by atoms with Gasteiger partial charge in [0.25, 0.3) is 11.8 Å². The molecule has 2 amide bonds. The van der Waals surface area contributed by atoms with Crippen LogP contribution < -0.4 is 14.8 Å². The highest BCUT2D eigenvalue weighted by molar-refractivity contribution is 7.59. The molecule has 1 atom stereocenters. The third-order valence-electron chi connectivity index (χ3n) is 8.99. The lowest BCUT2D eigenvalue weighted by molar-refractivity contribution is 0.0734. The number of rotatable bonds is 10. The molecule has 0 radical (unpaired) electrons. The van der Waals surface area contributed by atoms with E-state index in [0.29, 0.717) is 49.5 Å². The number of aromatic nitrogens is 1. The van der Waals surface area contributed by atoms with Crippen LogP contribution >= 0.6 is 13.5 Å². The third-order valence-corrected chi connectivity index (χ3v) is 8.99. The molecule has 6 rings (SSSR count). The van der Waals surface area contributed by atoms with Gasteiger partial charge < -0.3 is 29.2 Å². The second kappa shape index (κ2) is 15.1. The number of carbonyl (C=O) groups excluding carboxylic acids is 2. The van der Waals surface area contributed by atoms with E-state index in [4.69, 9.17) is 13.9 Å². The van der Waals surface area contributed by atoms with Gasteiger partial charge in [-0.25, -0.2) is 4.98 Å². The number of fused-ring (bicyclic) bond motifs is 2. The molecule has 11 heteroatoms. The summed E-state index contributed by atoms with van der Waals surface area (Å²) in [6.07, 6.45) is 2.26. The number of hydrogen-bond donors (Lipinski definition) is 2. The number of benzene rings is 3. The highest BCUT2D eigenvalue weighted by Gasteiger charge is 2.24. The van der Waals surface area contributed by atoms with Crippen molar-refractivity contribution in [1.82, 2.24) is 20.1 Å². The molecular formula is C36H42N4O6S. The molecule has 3 heterocycles. The summed E-state index contributed by atoms with van der Waals surface area (Å²) in [5, 5.41) is 13.7. The Labute approximate surface area is 282 Å². The predicted octanol–water partition coefficient (Wildman–Crippen LogP) is 4.34. The Bertz CT molecular complexity index is 1720. The van der Waals surface area contributed by atoms with Crippen molar-refractivity contribution in [2.24, 2.45) is 0 Å². The van der Waals surface area contributed by atoms with E-state index < -0.39 is 6.10 Å². The summed E-state index contributed by atoms with van der Waals surface area (Å²) in [5.74, 6) is 2.03. The molecule has 0 saturated carbocycles. The normalized spacial score (nSPS) is 14.8. The number of carbonyl (C=O) groups is 2. The summed E-state index contributed by atoms with van der Waals surface area (Å²) >= 11 is 0. The zero-order valence-electron chi connectivity index (χ0n) is 27.0. The monoisotopic (exact) mass is 658 g/mol. The summed E-state index contributed by atoms with van der Waals surface area (Å²) in [5.41, 5.74) is 7.74. The number of aliphatic hydroxyl groups is 1. The number of amides is 2. The lowest BCUT2D eigenvalue weighted by Crippen LogP contribution is -2.42. The van der Waals surface area contributed by atoms with Crippen molar-refractivity contribution in [2.45, 2.75) is 52.5 Å².